The molecule has 0 aliphatic carbocycles. The predicted molar refractivity (Wildman–Crippen MR) is 124 cm³/mol. The SMILES string of the molecule is Cc1c(N2CCC(C)(F)CC2)oc2c(C(C)Nc3ccccc3C(=O)O)cc(F)cc2c1=O. The summed E-state index contributed by atoms with van der Waals surface area (Å²) in [6.07, 6.45) is 0.628. The Morgan fingerprint density at radius 1 is 1.24 bits per heavy atom. The quantitative estimate of drug-likeness (QED) is 0.532. The fourth-order valence-electron chi connectivity index (χ4n) is 4.28. The van der Waals surface area contributed by atoms with E-state index in [9.17, 15) is 23.5 Å². The molecule has 0 bridgehead atoms. The first kappa shape index (κ1) is 22.8. The summed E-state index contributed by atoms with van der Waals surface area (Å²) >= 11 is 0. The van der Waals surface area contributed by atoms with Crippen LogP contribution in [0.1, 0.15) is 54.2 Å². The number of para-hydroxylation sites is 1. The zero-order valence-electron chi connectivity index (χ0n) is 18.7. The van der Waals surface area contributed by atoms with Crippen molar-refractivity contribution >= 4 is 28.5 Å². The number of piperidine rings is 1. The Labute approximate surface area is 189 Å². The standard InChI is InChI=1S/C25H26F2N2O4/c1-14-21(30)19-13-16(26)12-18(15(2)28-20-7-5-4-6-17(20)24(31)32)22(19)33-23(14)29-10-8-25(3,27)9-11-29/h4-7,12-13,15,28H,8-11H2,1-3H3,(H,31,32). The van der Waals surface area contributed by atoms with Gasteiger partial charge in [0.05, 0.1) is 22.6 Å². The lowest BCUT2D eigenvalue weighted by molar-refractivity contribution is 0.0698. The first-order valence-electron chi connectivity index (χ1n) is 10.9. The van der Waals surface area contributed by atoms with E-state index in [1.807, 2.05) is 4.90 Å². The number of alkyl halides is 1. The van der Waals surface area contributed by atoms with Gasteiger partial charge in [-0.25, -0.2) is 13.6 Å². The van der Waals surface area contributed by atoms with E-state index < -0.39 is 23.5 Å². The van der Waals surface area contributed by atoms with Crippen LogP contribution in [0.5, 0.6) is 0 Å². The topological polar surface area (TPSA) is 82.8 Å². The lowest BCUT2D eigenvalue weighted by atomic mass is 9.95. The molecule has 174 valence electrons. The molecule has 1 aliphatic heterocycles. The molecule has 33 heavy (non-hydrogen) atoms. The van der Waals surface area contributed by atoms with Crippen LogP contribution >= 0.6 is 0 Å². The minimum absolute atomic E-state index is 0.0747. The molecule has 6 nitrogen and oxygen atoms in total. The number of nitrogens with one attached hydrogen (secondary N) is 1. The molecule has 8 heteroatoms. The largest absolute Gasteiger partial charge is 0.478 e. The van der Waals surface area contributed by atoms with Gasteiger partial charge in [-0.2, -0.15) is 0 Å². The molecule has 1 unspecified atom stereocenters. The lowest BCUT2D eigenvalue weighted by Gasteiger charge is -2.35. The van der Waals surface area contributed by atoms with Crippen molar-refractivity contribution in [1.29, 1.82) is 0 Å². The van der Waals surface area contributed by atoms with Crippen molar-refractivity contribution in [3.8, 4) is 0 Å². The van der Waals surface area contributed by atoms with Crippen LogP contribution in [0.2, 0.25) is 0 Å². The average Bonchev–Trinajstić information content (AvgIpc) is 2.76. The third-order valence-corrected chi connectivity index (χ3v) is 6.28. The summed E-state index contributed by atoms with van der Waals surface area (Å²) in [4.78, 5) is 26.5. The summed E-state index contributed by atoms with van der Waals surface area (Å²) in [5, 5.41) is 12.7. The van der Waals surface area contributed by atoms with Crippen LogP contribution in [0, 0.1) is 12.7 Å². The molecule has 1 fully saturated rings. The molecule has 0 radical (unpaired) electrons. The van der Waals surface area contributed by atoms with Gasteiger partial charge in [-0.15, -0.1) is 0 Å². The van der Waals surface area contributed by atoms with Crippen molar-refractivity contribution in [2.45, 2.75) is 45.3 Å². The summed E-state index contributed by atoms with van der Waals surface area (Å²) in [6, 6.07) is 8.26. The van der Waals surface area contributed by atoms with Gasteiger partial charge in [-0.05, 0) is 57.9 Å². The molecule has 2 N–H and O–H groups in total. The van der Waals surface area contributed by atoms with Crippen LogP contribution in [0.25, 0.3) is 11.0 Å². The number of hydrogen-bond donors (Lipinski definition) is 2. The second kappa shape index (κ2) is 8.50. The van der Waals surface area contributed by atoms with Gasteiger partial charge >= 0.3 is 5.97 Å². The van der Waals surface area contributed by atoms with Gasteiger partial charge in [0.15, 0.2) is 5.43 Å². The third kappa shape index (κ3) is 4.42. The molecule has 2 aromatic carbocycles. The highest BCUT2D eigenvalue weighted by molar-refractivity contribution is 5.94. The van der Waals surface area contributed by atoms with Crippen molar-refractivity contribution in [3.05, 3.63) is 69.1 Å². The number of nitrogens with zero attached hydrogens (tertiary/aromatic N) is 1. The Bertz CT molecular complexity index is 1280. The fourth-order valence-corrected chi connectivity index (χ4v) is 4.28. The molecule has 1 saturated heterocycles. The minimum Gasteiger partial charge on any atom is -0.478 e. The Morgan fingerprint density at radius 3 is 2.58 bits per heavy atom. The maximum atomic E-state index is 14.5. The summed E-state index contributed by atoms with van der Waals surface area (Å²) in [5.74, 6) is -1.33. The zero-order valence-corrected chi connectivity index (χ0v) is 18.7. The third-order valence-electron chi connectivity index (χ3n) is 6.28. The highest BCUT2D eigenvalue weighted by Crippen LogP contribution is 2.34. The van der Waals surface area contributed by atoms with E-state index in [1.54, 1.807) is 39.0 Å². The van der Waals surface area contributed by atoms with Gasteiger partial charge in [0.1, 0.15) is 17.1 Å². The zero-order chi connectivity index (χ0) is 23.9. The van der Waals surface area contributed by atoms with E-state index >= 15 is 0 Å². The molecule has 3 aromatic rings. The highest BCUT2D eigenvalue weighted by Gasteiger charge is 2.32. The first-order valence-corrected chi connectivity index (χ1v) is 10.9. The molecule has 0 saturated carbocycles. The second-order valence-electron chi connectivity index (χ2n) is 8.85. The maximum absolute atomic E-state index is 14.5. The number of carboxylic acids is 1. The number of carboxylic acid groups (broad SMARTS) is 1. The van der Waals surface area contributed by atoms with Crippen molar-refractivity contribution in [2.75, 3.05) is 23.3 Å². The number of carbonyl (C=O) groups is 1. The van der Waals surface area contributed by atoms with Crippen molar-refractivity contribution in [1.82, 2.24) is 0 Å². The normalized spacial score (nSPS) is 16.6. The minimum atomic E-state index is -1.26. The van der Waals surface area contributed by atoms with Gasteiger partial charge < -0.3 is 19.7 Å². The number of halogens is 2. The molecular formula is C25H26F2N2O4. The van der Waals surface area contributed by atoms with E-state index in [4.69, 9.17) is 4.42 Å². The Hall–Kier alpha value is -3.42. The van der Waals surface area contributed by atoms with Crippen LogP contribution in [0.3, 0.4) is 0 Å². The van der Waals surface area contributed by atoms with Gasteiger partial charge in [0.25, 0.3) is 0 Å². The molecule has 0 spiro atoms. The fraction of sp³-hybridized carbons (Fsp3) is 0.360. The number of fused-ring (bicyclic) bond motifs is 1. The highest BCUT2D eigenvalue weighted by atomic mass is 19.1. The summed E-state index contributed by atoms with van der Waals surface area (Å²) in [5.41, 5.74) is -0.212. The van der Waals surface area contributed by atoms with Crippen LogP contribution in [-0.4, -0.2) is 29.8 Å². The van der Waals surface area contributed by atoms with Crippen molar-refractivity contribution < 1.29 is 23.1 Å². The van der Waals surface area contributed by atoms with Gasteiger partial charge in [-0.3, -0.25) is 4.79 Å². The van der Waals surface area contributed by atoms with Crippen LogP contribution in [-0.2, 0) is 0 Å². The average molecular weight is 456 g/mol. The van der Waals surface area contributed by atoms with Gasteiger partial charge in [0.2, 0.25) is 5.88 Å². The molecule has 1 aliphatic rings. The number of benzene rings is 2. The molecule has 4 rings (SSSR count). The Kier molecular flexibility index (Phi) is 5.86. The number of hydrogen-bond acceptors (Lipinski definition) is 5. The van der Waals surface area contributed by atoms with E-state index in [1.165, 1.54) is 12.1 Å². The summed E-state index contributed by atoms with van der Waals surface area (Å²) in [6.45, 7) is 5.73. The van der Waals surface area contributed by atoms with E-state index in [0.29, 0.717) is 48.6 Å². The lowest BCUT2D eigenvalue weighted by Crippen LogP contribution is -2.40. The Balaban J connectivity index is 1.80. The summed E-state index contributed by atoms with van der Waals surface area (Å²) < 4.78 is 35.0. The number of anilines is 2. The smallest absolute Gasteiger partial charge is 0.337 e. The molecular weight excluding hydrogens is 430 g/mol. The monoisotopic (exact) mass is 456 g/mol. The van der Waals surface area contributed by atoms with Crippen molar-refractivity contribution in [3.63, 3.8) is 0 Å². The summed E-state index contributed by atoms with van der Waals surface area (Å²) in [7, 11) is 0. The molecule has 1 atom stereocenters. The molecule has 2 heterocycles. The van der Waals surface area contributed by atoms with Gasteiger partial charge in [-0.1, -0.05) is 12.1 Å². The van der Waals surface area contributed by atoms with E-state index in [2.05, 4.69) is 5.32 Å². The molecule has 1 aromatic heterocycles. The van der Waals surface area contributed by atoms with Crippen LogP contribution < -0.4 is 15.6 Å². The molecule has 0 amide bonds. The van der Waals surface area contributed by atoms with Crippen LogP contribution in [0.4, 0.5) is 20.4 Å². The number of rotatable bonds is 5. The van der Waals surface area contributed by atoms with Crippen LogP contribution in [0.15, 0.2) is 45.6 Å². The first-order chi connectivity index (χ1) is 15.6. The Morgan fingerprint density at radius 2 is 1.91 bits per heavy atom. The number of aromatic carboxylic acids is 1. The van der Waals surface area contributed by atoms with Crippen molar-refractivity contribution in [2.24, 2.45) is 0 Å². The van der Waals surface area contributed by atoms with E-state index in [-0.39, 0.29) is 22.0 Å². The predicted octanol–water partition coefficient (Wildman–Crippen LogP) is 5.44. The van der Waals surface area contributed by atoms with Gasteiger partial charge in [0, 0.05) is 24.3 Å². The second-order valence-corrected chi connectivity index (χ2v) is 8.85. The van der Waals surface area contributed by atoms with E-state index in [0.717, 1.165) is 6.07 Å². The maximum Gasteiger partial charge on any atom is 0.337 e.